The van der Waals surface area contributed by atoms with E-state index >= 15 is 0 Å². The van der Waals surface area contributed by atoms with E-state index in [1.807, 2.05) is 4.72 Å². The first-order valence-corrected chi connectivity index (χ1v) is 11.0. The zero-order chi connectivity index (χ0) is 20.5. The summed E-state index contributed by atoms with van der Waals surface area (Å²) in [4.78, 5) is 16.3. The van der Waals surface area contributed by atoms with Gasteiger partial charge in [-0.15, -0.1) is 0 Å². The Balaban J connectivity index is 1.90. The minimum atomic E-state index is -4.14. The van der Waals surface area contributed by atoms with Gasteiger partial charge in [0.15, 0.2) is 0 Å². The number of carbonyl (C=O) groups excluding carboxylic acids is 1. The van der Waals surface area contributed by atoms with Crippen molar-refractivity contribution < 1.29 is 21.6 Å². The van der Waals surface area contributed by atoms with E-state index in [9.17, 15) is 21.6 Å². The zero-order valence-electron chi connectivity index (χ0n) is 15.0. The smallest absolute Gasteiger partial charge is 0.264 e. The summed E-state index contributed by atoms with van der Waals surface area (Å²) in [5.74, 6) is -0.861. The van der Waals surface area contributed by atoms with Crippen molar-refractivity contribution in [1.29, 1.82) is 0 Å². The number of hydrogen-bond acceptors (Lipinski definition) is 6. The highest BCUT2D eigenvalue weighted by Crippen LogP contribution is 2.22. The second kappa shape index (κ2) is 7.30. The van der Waals surface area contributed by atoms with Gasteiger partial charge in [0, 0.05) is 42.8 Å². The lowest BCUT2D eigenvalue weighted by Crippen LogP contribution is -2.30. The van der Waals surface area contributed by atoms with Crippen LogP contribution in [-0.2, 0) is 20.0 Å². The Bertz CT molecular complexity index is 1250. The topological polar surface area (TPSA) is 114 Å². The fourth-order valence-electron chi connectivity index (χ4n) is 2.55. The molecule has 8 nitrogen and oxygen atoms in total. The van der Waals surface area contributed by atoms with E-state index in [1.54, 1.807) is 18.2 Å². The van der Waals surface area contributed by atoms with Crippen LogP contribution in [0.3, 0.4) is 0 Å². The zero-order valence-corrected chi connectivity index (χ0v) is 16.7. The van der Waals surface area contributed by atoms with Gasteiger partial charge in [0.05, 0.1) is 9.79 Å². The van der Waals surface area contributed by atoms with Gasteiger partial charge in [0.1, 0.15) is 0 Å². The molecule has 0 aliphatic heterocycles. The van der Waals surface area contributed by atoms with Gasteiger partial charge >= 0.3 is 0 Å². The second-order valence-electron chi connectivity index (χ2n) is 6.10. The van der Waals surface area contributed by atoms with Crippen molar-refractivity contribution in [1.82, 2.24) is 14.0 Å². The molecule has 0 unspecified atom stereocenters. The Hall–Kier alpha value is -2.82. The van der Waals surface area contributed by atoms with Crippen molar-refractivity contribution in [3.8, 4) is 0 Å². The lowest BCUT2D eigenvalue weighted by Gasteiger charge is -2.12. The molecule has 3 aromatic rings. The molecule has 1 aromatic heterocycles. The third kappa shape index (κ3) is 3.75. The maximum absolute atomic E-state index is 12.7. The van der Waals surface area contributed by atoms with Crippen LogP contribution in [0.5, 0.6) is 0 Å². The van der Waals surface area contributed by atoms with Gasteiger partial charge in [-0.25, -0.2) is 25.9 Å². The van der Waals surface area contributed by atoms with Gasteiger partial charge < -0.3 is 0 Å². The molecular formula is C18H17N3O5S2. The normalized spacial score (nSPS) is 12.2. The number of amides is 1. The molecule has 28 heavy (non-hydrogen) atoms. The van der Waals surface area contributed by atoms with Crippen molar-refractivity contribution in [3.63, 3.8) is 0 Å². The van der Waals surface area contributed by atoms with E-state index in [0.29, 0.717) is 10.8 Å². The van der Waals surface area contributed by atoms with E-state index in [0.717, 1.165) is 4.31 Å². The number of nitrogens with one attached hydrogen (secondary N) is 1. The van der Waals surface area contributed by atoms with E-state index in [-0.39, 0.29) is 15.4 Å². The van der Waals surface area contributed by atoms with E-state index in [2.05, 4.69) is 4.98 Å². The molecule has 0 spiro atoms. The average Bonchev–Trinajstić information content (AvgIpc) is 2.67. The molecule has 1 N–H and O–H groups in total. The van der Waals surface area contributed by atoms with Crippen molar-refractivity contribution in [3.05, 3.63) is 66.5 Å². The van der Waals surface area contributed by atoms with Crippen LogP contribution in [-0.4, -0.2) is 46.1 Å². The van der Waals surface area contributed by atoms with Gasteiger partial charge in [0.2, 0.25) is 10.0 Å². The number of nitrogens with zero attached hydrogens (tertiary/aromatic N) is 2. The summed E-state index contributed by atoms with van der Waals surface area (Å²) in [7, 11) is -5.00. The molecule has 146 valence electrons. The van der Waals surface area contributed by atoms with Crippen LogP contribution in [0.15, 0.2) is 70.7 Å². The number of hydrogen-bond donors (Lipinski definition) is 1. The predicted molar refractivity (Wildman–Crippen MR) is 104 cm³/mol. The van der Waals surface area contributed by atoms with Crippen LogP contribution in [0.4, 0.5) is 0 Å². The number of pyridine rings is 1. The average molecular weight is 419 g/mol. The van der Waals surface area contributed by atoms with E-state index in [1.165, 1.54) is 56.8 Å². The highest BCUT2D eigenvalue weighted by atomic mass is 32.2. The Kier molecular flexibility index (Phi) is 5.20. The molecule has 2 aromatic carbocycles. The standard InChI is InChI=1S/C18H17N3O5S2/c1-21(2)28(25,26)15-8-6-13(7-9-15)18(22)20-27(23,24)17-5-3-4-14-12-19-11-10-16(14)17/h3-12H,1-2H3,(H,20,22). The van der Waals surface area contributed by atoms with Crippen LogP contribution in [0, 0.1) is 0 Å². The van der Waals surface area contributed by atoms with Crippen molar-refractivity contribution in [2.24, 2.45) is 0 Å². The van der Waals surface area contributed by atoms with Gasteiger partial charge in [-0.2, -0.15) is 0 Å². The first kappa shape index (κ1) is 19.9. The molecule has 1 amide bonds. The first-order valence-electron chi connectivity index (χ1n) is 8.05. The Labute approximate surface area is 162 Å². The van der Waals surface area contributed by atoms with Crippen LogP contribution < -0.4 is 4.72 Å². The van der Waals surface area contributed by atoms with E-state index in [4.69, 9.17) is 0 Å². The number of rotatable bonds is 5. The molecule has 3 rings (SSSR count). The van der Waals surface area contributed by atoms with Gasteiger partial charge in [0.25, 0.3) is 15.9 Å². The number of fused-ring (bicyclic) bond motifs is 1. The monoisotopic (exact) mass is 419 g/mol. The molecule has 10 heteroatoms. The summed E-state index contributed by atoms with van der Waals surface area (Å²) in [5.41, 5.74) is 0.0168. The molecule has 0 bridgehead atoms. The number of sulfonamides is 2. The molecule has 0 aliphatic carbocycles. The summed E-state index contributed by atoms with van der Waals surface area (Å²) in [5, 5.41) is 1.06. The fourth-order valence-corrected chi connectivity index (χ4v) is 4.66. The van der Waals surface area contributed by atoms with E-state index < -0.39 is 26.0 Å². The van der Waals surface area contributed by atoms with Crippen LogP contribution in [0.2, 0.25) is 0 Å². The molecule has 0 aliphatic rings. The molecule has 0 radical (unpaired) electrons. The van der Waals surface area contributed by atoms with Gasteiger partial charge in [-0.05, 0) is 36.4 Å². The third-order valence-electron chi connectivity index (χ3n) is 4.05. The summed E-state index contributed by atoms with van der Waals surface area (Å²) < 4.78 is 52.6. The maximum Gasteiger partial charge on any atom is 0.264 e. The van der Waals surface area contributed by atoms with Crippen LogP contribution >= 0.6 is 0 Å². The second-order valence-corrected chi connectivity index (χ2v) is 9.90. The minimum absolute atomic E-state index is 0.00143. The van der Waals surface area contributed by atoms with Crippen molar-refractivity contribution in [2.75, 3.05) is 14.1 Å². The quantitative estimate of drug-likeness (QED) is 0.672. The largest absolute Gasteiger partial charge is 0.268 e. The SMILES string of the molecule is CN(C)S(=O)(=O)c1ccc(C(=O)NS(=O)(=O)c2cccc3cnccc23)cc1. The van der Waals surface area contributed by atoms with Crippen LogP contribution in [0.25, 0.3) is 10.8 Å². The summed E-state index contributed by atoms with van der Waals surface area (Å²) in [6, 6.07) is 11.2. The molecular weight excluding hydrogens is 402 g/mol. The Morgan fingerprint density at radius 2 is 1.64 bits per heavy atom. The first-order chi connectivity index (χ1) is 13.1. The van der Waals surface area contributed by atoms with Crippen molar-refractivity contribution >= 4 is 36.7 Å². The summed E-state index contributed by atoms with van der Waals surface area (Å²) in [6.45, 7) is 0. The third-order valence-corrected chi connectivity index (χ3v) is 7.27. The molecule has 0 saturated carbocycles. The molecule has 1 heterocycles. The lowest BCUT2D eigenvalue weighted by atomic mass is 10.2. The number of benzene rings is 2. The van der Waals surface area contributed by atoms with Gasteiger partial charge in [-0.1, -0.05) is 12.1 Å². The number of aromatic nitrogens is 1. The number of carbonyl (C=O) groups is 1. The molecule has 0 fully saturated rings. The summed E-state index contributed by atoms with van der Waals surface area (Å²) in [6.07, 6.45) is 2.99. The Morgan fingerprint density at radius 3 is 2.29 bits per heavy atom. The fraction of sp³-hybridized carbons (Fsp3) is 0.111. The molecule has 0 saturated heterocycles. The molecule has 0 atom stereocenters. The lowest BCUT2D eigenvalue weighted by molar-refractivity contribution is 0.0981. The summed E-state index contributed by atoms with van der Waals surface area (Å²) >= 11 is 0. The highest BCUT2D eigenvalue weighted by Gasteiger charge is 2.22. The van der Waals surface area contributed by atoms with Crippen LogP contribution in [0.1, 0.15) is 10.4 Å². The van der Waals surface area contributed by atoms with Gasteiger partial charge in [-0.3, -0.25) is 9.78 Å². The predicted octanol–water partition coefficient (Wildman–Crippen LogP) is 1.60. The van der Waals surface area contributed by atoms with Crippen molar-refractivity contribution in [2.45, 2.75) is 9.79 Å². The highest BCUT2D eigenvalue weighted by molar-refractivity contribution is 7.90. The minimum Gasteiger partial charge on any atom is -0.268 e. The Morgan fingerprint density at radius 1 is 0.964 bits per heavy atom. The maximum atomic E-state index is 12.7.